The predicted octanol–water partition coefficient (Wildman–Crippen LogP) is 1.34. The average molecular weight is 373 g/mol. The lowest BCUT2D eigenvalue weighted by molar-refractivity contribution is -0.0528. The van der Waals surface area contributed by atoms with E-state index in [9.17, 15) is 10.2 Å². The summed E-state index contributed by atoms with van der Waals surface area (Å²) in [6, 6.07) is 10.0. The van der Waals surface area contributed by atoms with Gasteiger partial charge in [-0.25, -0.2) is 15.0 Å². The molecule has 0 aliphatic carbocycles. The number of aliphatic hydroxyl groups excluding tert-OH is 2. The third kappa shape index (κ3) is 3.14. The zero-order chi connectivity index (χ0) is 18.1. The number of thioether (sulfide) groups is 1. The summed E-state index contributed by atoms with van der Waals surface area (Å²) in [6.45, 7) is -0.149. The lowest BCUT2D eigenvalue weighted by atomic mass is 10.2. The van der Waals surface area contributed by atoms with Crippen molar-refractivity contribution in [1.82, 2.24) is 19.5 Å². The van der Waals surface area contributed by atoms with Crippen molar-refractivity contribution in [1.29, 1.82) is 0 Å². The summed E-state index contributed by atoms with van der Waals surface area (Å²) >= 11 is 1.51. The first-order chi connectivity index (χ1) is 12.7. The van der Waals surface area contributed by atoms with Crippen LogP contribution in [0.1, 0.15) is 18.2 Å². The monoisotopic (exact) mass is 373 g/mol. The molecule has 3 heterocycles. The Bertz CT molecular complexity index is 904. The zero-order valence-electron chi connectivity index (χ0n) is 13.9. The molecule has 1 aliphatic rings. The van der Waals surface area contributed by atoms with Crippen LogP contribution in [0, 0.1) is 0 Å². The maximum Gasteiger partial charge on any atom is 0.172 e. The lowest BCUT2D eigenvalue weighted by Gasteiger charge is -2.19. The molecule has 0 saturated carbocycles. The van der Waals surface area contributed by atoms with Gasteiger partial charge in [0.2, 0.25) is 0 Å². The van der Waals surface area contributed by atoms with Crippen LogP contribution in [0.25, 0.3) is 11.2 Å². The summed E-state index contributed by atoms with van der Waals surface area (Å²) in [4.78, 5) is 12.9. The van der Waals surface area contributed by atoms with Crippen LogP contribution in [-0.4, -0.2) is 48.5 Å². The molecule has 4 rings (SSSR count). The molecule has 0 bridgehead atoms. The van der Waals surface area contributed by atoms with E-state index in [0.717, 1.165) is 5.56 Å². The number of aromatic nitrogens is 4. The van der Waals surface area contributed by atoms with E-state index in [4.69, 9.17) is 10.5 Å². The highest BCUT2D eigenvalue weighted by atomic mass is 32.2. The number of aliphatic hydroxyl groups is 2. The van der Waals surface area contributed by atoms with Gasteiger partial charge >= 0.3 is 0 Å². The van der Waals surface area contributed by atoms with Gasteiger partial charge in [0.15, 0.2) is 28.4 Å². The second-order valence-corrected chi connectivity index (χ2v) is 7.05. The Morgan fingerprint density at radius 3 is 2.81 bits per heavy atom. The minimum absolute atomic E-state index is 0.149. The SMILES string of the molecule is Nc1ncnc2c1nc(SCc1ccccc1)n2C1OC(CO)CC1O. The van der Waals surface area contributed by atoms with Crippen LogP contribution in [0.5, 0.6) is 0 Å². The van der Waals surface area contributed by atoms with Crippen molar-refractivity contribution in [2.24, 2.45) is 0 Å². The molecular formula is C17H19N5O3S. The Kier molecular flexibility index (Phi) is 4.77. The first-order valence-electron chi connectivity index (χ1n) is 8.27. The summed E-state index contributed by atoms with van der Waals surface area (Å²) in [7, 11) is 0. The molecule has 1 aliphatic heterocycles. The van der Waals surface area contributed by atoms with E-state index in [1.54, 1.807) is 4.57 Å². The number of hydrogen-bond acceptors (Lipinski definition) is 8. The molecule has 1 saturated heterocycles. The van der Waals surface area contributed by atoms with Crippen molar-refractivity contribution in [3.05, 3.63) is 42.2 Å². The van der Waals surface area contributed by atoms with Gasteiger partial charge in [0.05, 0.1) is 12.7 Å². The van der Waals surface area contributed by atoms with E-state index in [2.05, 4.69) is 15.0 Å². The van der Waals surface area contributed by atoms with Gasteiger partial charge in [0.25, 0.3) is 0 Å². The van der Waals surface area contributed by atoms with Crippen molar-refractivity contribution >= 4 is 28.7 Å². The van der Waals surface area contributed by atoms with Gasteiger partial charge in [-0.15, -0.1) is 0 Å². The normalized spacial score (nSPS) is 22.9. The molecule has 136 valence electrons. The van der Waals surface area contributed by atoms with Crippen molar-refractivity contribution in [2.45, 2.75) is 35.8 Å². The smallest absolute Gasteiger partial charge is 0.172 e. The summed E-state index contributed by atoms with van der Waals surface area (Å²) in [5.74, 6) is 0.977. The minimum Gasteiger partial charge on any atom is -0.394 e. The van der Waals surface area contributed by atoms with Crippen LogP contribution in [0.2, 0.25) is 0 Å². The van der Waals surface area contributed by atoms with E-state index in [1.165, 1.54) is 18.1 Å². The van der Waals surface area contributed by atoms with Gasteiger partial charge in [-0.1, -0.05) is 42.1 Å². The van der Waals surface area contributed by atoms with Gasteiger partial charge in [0.1, 0.15) is 12.4 Å². The molecule has 0 radical (unpaired) electrons. The third-order valence-electron chi connectivity index (χ3n) is 4.31. The number of rotatable bonds is 5. The molecule has 0 amide bonds. The topological polar surface area (TPSA) is 119 Å². The molecule has 3 unspecified atom stereocenters. The van der Waals surface area contributed by atoms with Gasteiger partial charge in [-0.05, 0) is 5.56 Å². The van der Waals surface area contributed by atoms with Gasteiger partial charge < -0.3 is 20.7 Å². The van der Waals surface area contributed by atoms with Gasteiger partial charge in [-0.2, -0.15) is 0 Å². The maximum absolute atomic E-state index is 10.4. The van der Waals surface area contributed by atoms with Crippen molar-refractivity contribution in [2.75, 3.05) is 12.3 Å². The molecular weight excluding hydrogens is 354 g/mol. The Morgan fingerprint density at radius 2 is 2.08 bits per heavy atom. The fourth-order valence-electron chi connectivity index (χ4n) is 3.04. The fourth-order valence-corrected chi connectivity index (χ4v) is 4.01. The second kappa shape index (κ2) is 7.20. The molecule has 3 atom stereocenters. The highest BCUT2D eigenvalue weighted by Crippen LogP contribution is 2.36. The summed E-state index contributed by atoms with van der Waals surface area (Å²) < 4.78 is 7.57. The van der Waals surface area contributed by atoms with Crippen LogP contribution < -0.4 is 5.73 Å². The van der Waals surface area contributed by atoms with E-state index >= 15 is 0 Å². The summed E-state index contributed by atoms with van der Waals surface area (Å²) in [5, 5.41) is 20.4. The average Bonchev–Trinajstić information content (AvgIpc) is 3.21. The van der Waals surface area contributed by atoms with Gasteiger partial charge in [0, 0.05) is 12.2 Å². The first kappa shape index (κ1) is 17.2. The number of hydrogen-bond donors (Lipinski definition) is 3. The number of benzene rings is 1. The summed E-state index contributed by atoms with van der Waals surface area (Å²) in [6.07, 6.45) is -0.142. The number of nitrogen functional groups attached to an aromatic ring is 1. The van der Waals surface area contributed by atoms with E-state index in [-0.39, 0.29) is 12.4 Å². The fraction of sp³-hybridized carbons (Fsp3) is 0.353. The summed E-state index contributed by atoms with van der Waals surface area (Å²) in [5.41, 5.74) is 8.09. The Labute approximate surface area is 154 Å². The largest absolute Gasteiger partial charge is 0.394 e. The Hall–Kier alpha value is -2.20. The van der Waals surface area contributed by atoms with E-state index < -0.39 is 18.4 Å². The molecule has 3 aromatic rings. The lowest BCUT2D eigenvalue weighted by Crippen LogP contribution is -2.20. The zero-order valence-corrected chi connectivity index (χ0v) is 14.7. The van der Waals surface area contributed by atoms with Crippen LogP contribution in [0.3, 0.4) is 0 Å². The number of fused-ring (bicyclic) bond motifs is 1. The first-order valence-corrected chi connectivity index (χ1v) is 9.25. The highest BCUT2D eigenvalue weighted by molar-refractivity contribution is 7.98. The number of nitrogens with zero attached hydrogens (tertiary/aromatic N) is 4. The number of imidazole rings is 1. The molecule has 26 heavy (non-hydrogen) atoms. The second-order valence-electron chi connectivity index (χ2n) is 6.10. The van der Waals surface area contributed by atoms with Crippen molar-refractivity contribution < 1.29 is 14.9 Å². The molecule has 8 nitrogen and oxygen atoms in total. The third-order valence-corrected chi connectivity index (χ3v) is 5.33. The number of anilines is 1. The Balaban J connectivity index is 1.73. The Morgan fingerprint density at radius 1 is 1.27 bits per heavy atom. The van der Waals surface area contributed by atoms with Crippen LogP contribution in [0.15, 0.2) is 41.8 Å². The molecule has 9 heteroatoms. The molecule has 2 aromatic heterocycles. The van der Waals surface area contributed by atoms with Crippen LogP contribution >= 0.6 is 11.8 Å². The van der Waals surface area contributed by atoms with Crippen molar-refractivity contribution in [3.63, 3.8) is 0 Å². The standard InChI is InChI=1S/C17H19N5O3S/c18-14-13-15(20-9-19-14)22(16-12(24)6-11(7-23)25-16)17(21-13)26-8-10-4-2-1-3-5-10/h1-5,9,11-12,16,23-24H,6-8H2,(H2,18,19,20). The molecule has 0 spiro atoms. The number of nitrogens with two attached hydrogens (primary N) is 1. The molecule has 1 fully saturated rings. The molecule has 4 N–H and O–H groups in total. The highest BCUT2D eigenvalue weighted by Gasteiger charge is 2.37. The van der Waals surface area contributed by atoms with Crippen LogP contribution in [0.4, 0.5) is 5.82 Å². The van der Waals surface area contributed by atoms with Crippen molar-refractivity contribution in [3.8, 4) is 0 Å². The predicted molar refractivity (Wildman–Crippen MR) is 97.4 cm³/mol. The van der Waals surface area contributed by atoms with E-state index in [0.29, 0.717) is 28.5 Å². The molecule has 1 aromatic carbocycles. The van der Waals surface area contributed by atoms with E-state index in [1.807, 2.05) is 30.3 Å². The quantitative estimate of drug-likeness (QED) is 0.573. The minimum atomic E-state index is -0.767. The number of ether oxygens (including phenoxy) is 1. The maximum atomic E-state index is 10.4. The van der Waals surface area contributed by atoms with Gasteiger partial charge in [-0.3, -0.25) is 4.57 Å². The van der Waals surface area contributed by atoms with Crippen LogP contribution in [-0.2, 0) is 10.5 Å².